The highest BCUT2D eigenvalue weighted by molar-refractivity contribution is 6.74. The fourth-order valence-electron chi connectivity index (χ4n) is 3.77. The Morgan fingerprint density at radius 2 is 1.83 bits per heavy atom. The molecule has 0 aliphatic carbocycles. The molecular formula is C25H35NO8Si. The third-order valence-corrected chi connectivity index (χ3v) is 11.0. The Bertz CT molecular complexity index is 991. The van der Waals surface area contributed by atoms with Crippen molar-refractivity contribution in [1.29, 1.82) is 0 Å². The highest BCUT2D eigenvalue weighted by Gasteiger charge is 2.55. The Hall–Kier alpha value is -2.37. The number of rotatable bonds is 8. The normalized spacial score (nSPS) is 28.4. The third kappa shape index (κ3) is 5.41. The van der Waals surface area contributed by atoms with Crippen LogP contribution < -0.4 is 0 Å². The quantitative estimate of drug-likeness (QED) is 0.248. The third-order valence-electron chi connectivity index (χ3n) is 6.69. The molecule has 0 radical (unpaired) electrons. The minimum atomic E-state index is -2.45. The van der Waals surface area contributed by atoms with Gasteiger partial charge >= 0.3 is 5.97 Å². The van der Waals surface area contributed by atoms with Crippen LogP contribution in [0, 0.1) is 0 Å². The van der Waals surface area contributed by atoms with Gasteiger partial charge in [0.2, 0.25) is 0 Å². The lowest BCUT2D eigenvalue weighted by atomic mass is 9.95. The average molecular weight is 507 g/mol. The fourth-order valence-corrected chi connectivity index (χ4v) is 4.59. The van der Waals surface area contributed by atoms with Crippen LogP contribution in [0.4, 0.5) is 0 Å². The number of aliphatic hydroxyl groups excluding tert-OH is 1. The number of carbonyl (C=O) groups is 3. The van der Waals surface area contributed by atoms with Gasteiger partial charge in [0, 0.05) is 6.92 Å². The van der Waals surface area contributed by atoms with Crippen molar-refractivity contribution in [2.75, 3.05) is 13.2 Å². The first-order chi connectivity index (χ1) is 16.7. The van der Waals surface area contributed by atoms with Crippen LogP contribution in [0.3, 0.4) is 0 Å². The summed E-state index contributed by atoms with van der Waals surface area (Å²) in [4.78, 5) is 39.5. The van der Waals surface area contributed by atoms with Crippen LogP contribution in [0.2, 0.25) is 18.1 Å². The number of benzene rings is 1. The molecule has 1 aromatic rings. The van der Waals surface area contributed by atoms with E-state index in [9.17, 15) is 19.5 Å². The van der Waals surface area contributed by atoms with Crippen molar-refractivity contribution in [3.8, 4) is 0 Å². The molecule has 1 saturated heterocycles. The molecule has 2 aliphatic rings. The van der Waals surface area contributed by atoms with E-state index in [0.717, 1.165) is 11.8 Å². The van der Waals surface area contributed by atoms with Crippen molar-refractivity contribution in [3.63, 3.8) is 0 Å². The Morgan fingerprint density at radius 1 is 1.26 bits per heavy atom. The summed E-state index contributed by atoms with van der Waals surface area (Å²) in [6.07, 6.45) is -4.16. The van der Waals surface area contributed by atoms with Gasteiger partial charge in [-0.2, -0.15) is 0 Å². The Kier molecular flexibility index (Phi) is 7.58. The molecule has 9 nitrogen and oxygen atoms in total. The van der Waals surface area contributed by atoms with Crippen LogP contribution >= 0.6 is 0 Å². The van der Waals surface area contributed by atoms with E-state index in [1.165, 1.54) is 18.2 Å². The highest BCUT2D eigenvalue weighted by atomic mass is 28.4. The molecule has 2 aliphatic heterocycles. The van der Waals surface area contributed by atoms with Crippen LogP contribution in [0.25, 0.3) is 0 Å². The predicted molar refractivity (Wildman–Crippen MR) is 130 cm³/mol. The molecule has 35 heavy (non-hydrogen) atoms. The largest absolute Gasteiger partial charge is 0.457 e. The highest BCUT2D eigenvalue weighted by Crippen LogP contribution is 2.38. The van der Waals surface area contributed by atoms with Crippen LogP contribution in [-0.2, 0) is 23.4 Å². The summed E-state index contributed by atoms with van der Waals surface area (Å²) in [6, 6.07) is 4.99. The van der Waals surface area contributed by atoms with Crippen LogP contribution in [0.1, 0.15) is 49.8 Å². The van der Waals surface area contributed by atoms with Crippen molar-refractivity contribution in [2.45, 2.75) is 76.5 Å². The molecule has 1 N–H and O–H groups in total. The van der Waals surface area contributed by atoms with E-state index in [4.69, 9.17) is 20.0 Å². The topological polar surface area (TPSA) is 112 Å². The summed E-state index contributed by atoms with van der Waals surface area (Å²) < 4.78 is 32.1. The maximum absolute atomic E-state index is 13.3. The maximum Gasteiger partial charge on any atom is 0.303 e. The molecule has 0 saturated carbocycles. The number of hydrogen-bond donors (Lipinski definition) is 1. The van der Waals surface area contributed by atoms with E-state index in [1.807, 2.05) is 33.9 Å². The fraction of sp³-hybridized carbons (Fsp3) is 0.560. The van der Waals surface area contributed by atoms with E-state index in [1.54, 1.807) is 12.1 Å². The first-order valence-electron chi connectivity index (χ1n) is 12.1. The first-order valence-corrected chi connectivity index (χ1v) is 14.4. The number of carbonyl (C=O) groups excluding carboxylic acids is 3. The average Bonchev–Trinajstić information content (AvgIpc) is 3.03. The van der Waals surface area contributed by atoms with Gasteiger partial charge < -0.3 is 23.7 Å². The smallest absolute Gasteiger partial charge is 0.303 e. The molecule has 192 valence electrons. The standard InChI is InChI=1S/C25H35NO8Si/c1-8-13-31-24-19(26-22(29)16-11-9-10-12-17(16)23(26)30)21(33-15(2)27)20(28)18(34-24)14-32-35(6,7)25(3,4)5/h8-12,18-21,24,28H,1,13-14H2,2-7H3/t18-,19-,20-,21-,24-/m1/s1/i14D/t14-,18+,19+,20+,21+,24+/m0. The minimum absolute atomic E-state index is 0.0221. The van der Waals surface area contributed by atoms with Gasteiger partial charge in [0.1, 0.15) is 18.2 Å². The van der Waals surface area contributed by atoms with Crippen LogP contribution in [0.5, 0.6) is 0 Å². The molecule has 2 amide bonds. The maximum atomic E-state index is 13.3. The zero-order valence-electron chi connectivity index (χ0n) is 22.0. The van der Waals surface area contributed by atoms with Gasteiger partial charge in [-0.05, 0) is 30.3 Å². The number of amides is 2. The summed E-state index contributed by atoms with van der Waals surface area (Å²) in [5.41, 5.74) is 0.366. The van der Waals surface area contributed by atoms with Crippen molar-refractivity contribution in [3.05, 3.63) is 48.0 Å². The Labute approximate surface area is 208 Å². The number of aliphatic hydroxyl groups is 1. The molecule has 0 aromatic heterocycles. The summed E-state index contributed by atoms with van der Waals surface area (Å²) in [5.74, 6) is -1.99. The van der Waals surface area contributed by atoms with Crippen molar-refractivity contribution in [1.82, 2.24) is 4.90 Å². The van der Waals surface area contributed by atoms with Crippen LogP contribution in [-0.4, -0.2) is 79.9 Å². The summed E-state index contributed by atoms with van der Waals surface area (Å²) >= 11 is 0. The van der Waals surface area contributed by atoms with E-state index in [0.29, 0.717) is 0 Å². The van der Waals surface area contributed by atoms with Gasteiger partial charge in [-0.15, -0.1) is 6.58 Å². The van der Waals surface area contributed by atoms with E-state index < -0.39 is 63.3 Å². The number of fused-ring (bicyclic) bond motifs is 1. The first kappa shape index (κ1) is 25.7. The number of hydrogen-bond acceptors (Lipinski definition) is 8. The molecule has 1 fully saturated rings. The minimum Gasteiger partial charge on any atom is -0.457 e. The zero-order chi connectivity index (χ0) is 27.0. The van der Waals surface area contributed by atoms with Gasteiger partial charge in [-0.3, -0.25) is 19.3 Å². The number of esters is 1. The predicted octanol–water partition coefficient (Wildman–Crippen LogP) is 2.89. The van der Waals surface area contributed by atoms with Gasteiger partial charge in [-0.25, -0.2) is 0 Å². The van der Waals surface area contributed by atoms with E-state index in [-0.39, 0.29) is 22.8 Å². The molecular weight excluding hydrogens is 470 g/mol. The van der Waals surface area contributed by atoms with Crippen molar-refractivity contribution < 1.29 is 39.5 Å². The lowest BCUT2D eigenvalue weighted by Crippen LogP contribution is -2.67. The molecule has 0 bridgehead atoms. The number of ether oxygens (including phenoxy) is 3. The molecule has 6 atom stereocenters. The lowest BCUT2D eigenvalue weighted by molar-refractivity contribution is -0.278. The second-order valence-corrected chi connectivity index (χ2v) is 14.9. The molecule has 2 heterocycles. The molecule has 0 unspecified atom stereocenters. The van der Waals surface area contributed by atoms with Gasteiger partial charge in [0.05, 0.1) is 25.7 Å². The lowest BCUT2D eigenvalue weighted by Gasteiger charge is -2.47. The summed E-state index contributed by atoms with van der Waals surface area (Å²) in [5, 5.41) is 11.1. The Morgan fingerprint density at radius 3 is 2.31 bits per heavy atom. The summed E-state index contributed by atoms with van der Waals surface area (Å²) in [7, 11) is -2.45. The van der Waals surface area contributed by atoms with Gasteiger partial charge in [-0.1, -0.05) is 39.0 Å². The zero-order valence-corrected chi connectivity index (χ0v) is 22.0. The molecule has 3 rings (SSSR count). The molecule has 1 aromatic carbocycles. The Balaban J connectivity index is 2.01. The number of nitrogens with zero attached hydrogens (tertiary/aromatic N) is 1. The summed E-state index contributed by atoms with van der Waals surface area (Å²) in [6.45, 7) is 13.4. The second kappa shape index (κ2) is 10.3. The van der Waals surface area contributed by atoms with Gasteiger partial charge in [0.25, 0.3) is 11.8 Å². The van der Waals surface area contributed by atoms with E-state index in [2.05, 4.69) is 6.58 Å². The second-order valence-electron chi connectivity index (χ2n) is 10.2. The van der Waals surface area contributed by atoms with Crippen molar-refractivity contribution >= 4 is 26.1 Å². The van der Waals surface area contributed by atoms with Crippen LogP contribution in [0.15, 0.2) is 36.9 Å². The van der Waals surface area contributed by atoms with Gasteiger partial charge in [0.15, 0.2) is 20.7 Å². The molecule has 0 spiro atoms. The monoisotopic (exact) mass is 506 g/mol. The molecule has 10 heteroatoms. The number of imide groups is 1. The van der Waals surface area contributed by atoms with Crippen molar-refractivity contribution in [2.24, 2.45) is 0 Å². The SMILES string of the molecule is [2H][C@H](O[Si](C)(C)C(C)(C)C)[C@H]1O[C@@H](OCC=C)[C@H](N2C(=O)c3ccccc3C2=O)[C@@H](OC(C)=O)[C@@H]1O. The van der Waals surface area contributed by atoms with E-state index >= 15 is 0 Å².